The molecule has 0 radical (unpaired) electrons. The Hall–Kier alpha value is -2.42. The Morgan fingerprint density at radius 3 is 2.23 bits per heavy atom. The SMILES string of the molecule is CCOc1ccc(C(=O)COC(=O)C2CCN(S(=O)(=O)c3ccc(Cl)cc3)CC2)cc1. The van der Waals surface area contributed by atoms with Gasteiger partial charge in [0.05, 0.1) is 17.4 Å². The van der Waals surface area contributed by atoms with E-state index in [0.29, 0.717) is 35.8 Å². The van der Waals surface area contributed by atoms with Gasteiger partial charge in [0.1, 0.15) is 5.75 Å². The highest BCUT2D eigenvalue weighted by atomic mass is 35.5. The van der Waals surface area contributed by atoms with Gasteiger partial charge in [0, 0.05) is 23.7 Å². The average Bonchev–Trinajstić information content (AvgIpc) is 2.78. The number of rotatable bonds is 8. The third kappa shape index (κ3) is 5.84. The van der Waals surface area contributed by atoms with Crippen LogP contribution in [0.1, 0.15) is 30.1 Å². The van der Waals surface area contributed by atoms with E-state index >= 15 is 0 Å². The topological polar surface area (TPSA) is 90.0 Å². The molecule has 1 fully saturated rings. The Morgan fingerprint density at radius 1 is 1.03 bits per heavy atom. The third-order valence-electron chi connectivity index (χ3n) is 5.07. The van der Waals surface area contributed by atoms with Crippen LogP contribution in [-0.4, -0.2) is 50.8 Å². The van der Waals surface area contributed by atoms with Crippen LogP contribution in [-0.2, 0) is 19.6 Å². The molecule has 3 rings (SSSR count). The van der Waals surface area contributed by atoms with Crippen LogP contribution in [0.3, 0.4) is 0 Å². The van der Waals surface area contributed by atoms with Gasteiger partial charge in [0.15, 0.2) is 12.4 Å². The lowest BCUT2D eigenvalue weighted by atomic mass is 9.98. The summed E-state index contributed by atoms with van der Waals surface area (Å²) in [6.45, 7) is 2.46. The second-order valence-electron chi connectivity index (χ2n) is 7.12. The highest BCUT2D eigenvalue weighted by molar-refractivity contribution is 7.89. The minimum absolute atomic E-state index is 0.166. The van der Waals surface area contributed by atoms with Crippen LogP contribution in [0, 0.1) is 5.92 Å². The Morgan fingerprint density at radius 2 is 1.65 bits per heavy atom. The quantitative estimate of drug-likeness (QED) is 0.437. The van der Waals surface area contributed by atoms with Crippen molar-refractivity contribution in [2.75, 3.05) is 26.3 Å². The lowest BCUT2D eigenvalue weighted by Crippen LogP contribution is -2.40. The van der Waals surface area contributed by atoms with Gasteiger partial charge in [-0.2, -0.15) is 4.31 Å². The van der Waals surface area contributed by atoms with Crippen molar-refractivity contribution in [3.63, 3.8) is 0 Å². The predicted octanol–water partition coefficient (Wildman–Crippen LogP) is 3.57. The molecule has 0 unspecified atom stereocenters. The lowest BCUT2D eigenvalue weighted by molar-refractivity contribution is -0.148. The van der Waals surface area contributed by atoms with Crippen molar-refractivity contribution in [2.24, 2.45) is 5.92 Å². The van der Waals surface area contributed by atoms with Crippen LogP contribution in [0.4, 0.5) is 0 Å². The summed E-state index contributed by atoms with van der Waals surface area (Å²) >= 11 is 5.82. The first kappa shape index (κ1) is 23.2. The molecule has 0 bridgehead atoms. The van der Waals surface area contributed by atoms with E-state index in [2.05, 4.69) is 0 Å². The van der Waals surface area contributed by atoms with E-state index in [1.54, 1.807) is 24.3 Å². The van der Waals surface area contributed by atoms with Crippen molar-refractivity contribution >= 4 is 33.4 Å². The molecule has 7 nitrogen and oxygen atoms in total. The van der Waals surface area contributed by atoms with Crippen LogP contribution in [0.2, 0.25) is 5.02 Å². The first-order valence-electron chi connectivity index (χ1n) is 9.99. The fourth-order valence-corrected chi connectivity index (χ4v) is 4.92. The van der Waals surface area contributed by atoms with Crippen molar-refractivity contribution in [1.29, 1.82) is 0 Å². The third-order valence-corrected chi connectivity index (χ3v) is 7.24. The molecule has 0 saturated carbocycles. The molecule has 1 aliphatic rings. The summed E-state index contributed by atoms with van der Waals surface area (Å²) in [7, 11) is -3.64. The molecule has 166 valence electrons. The van der Waals surface area contributed by atoms with E-state index < -0.39 is 21.9 Å². The van der Waals surface area contributed by atoms with E-state index in [4.69, 9.17) is 21.1 Å². The number of carbonyl (C=O) groups is 2. The fourth-order valence-electron chi connectivity index (χ4n) is 3.33. The first-order chi connectivity index (χ1) is 14.8. The molecule has 0 aromatic heterocycles. The minimum atomic E-state index is -3.64. The van der Waals surface area contributed by atoms with Gasteiger partial charge in [-0.15, -0.1) is 0 Å². The normalized spacial score (nSPS) is 15.4. The molecule has 0 spiro atoms. The number of piperidine rings is 1. The molecule has 0 atom stereocenters. The van der Waals surface area contributed by atoms with E-state index in [9.17, 15) is 18.0 Å². The van der Waals surface area contributed by atoms with Gasteiger partial charge < -0.3 is 9.47 Å². The molecule has 31 heavy (non-hydrogen) atoms. The largest absolute Gasteiger partial charge is 0.494 e. The number of sulfonamides is 1. The zero-order chi connectivity index (χ0) is 22.4. The van der Waals surface area contributed by atoms with Crippen LogP contribution in [0.5, 0.6) is 5.75 Å². The molecule has 0 aliphatic carbocycles. The van der Waals surface area contributed by atoms with Gasteiger partial charge in [0.25, 0.3) is 0 Å². The standard InChI is InChI=1S/C22H24ClNO6S/c1-2-29-19-7-3-16(4-8-19)21(25)15-30-22(26)17-11-13-24(14-12-17)31(27,28)20-9-5-18(23)6-10-20/h3-10,17H,2,11-15H2,1H3. The number of hydrogen-bond donors (Lipinski definition) is 0. The van der Waals surface area contributed by atoms with Crippen LogP contribution in [0.25, 0.3) is 0 Å². The molecule has 1 aliphatic heterocycles. The number of nitrogens with zero attached hydrogens (tertiary/aromatic N) is 1. The van der Waals surface area contributed by atoms with E-state index in [1.807, 2.05) is 6.92 Å². The van der Waals surface area contributed by atoms with Crippen LogP contribution in [0.15, 0.2) is 53.4 Å². The molecule has 0 amide bonds. The molecule has 1 heterocycles. The summed E-state index contributed by atoms with van der Waals surface area (Å²) in [5.41, 5.74) is 0.431. The molecule has 2 aromatic rings. The van der Waals surface area contributed by atoms with Crippen LogP contribution >= 0.6 is 11.6 Å². The second-order valence-corrected chi connectivity index (χ2v) is 9.49. The minimum Gasteiger partial charge on any atom is -0.494 e. The van der Waals surface area contributed by atoms with Crippen molar-refractivity contribution in [3.8, 4) is 5.75 Å². The maximum atomic E-state index is 12.7. The van der Waals surface area contributed by atoms with Gasteiger partial charge in [-0.25, -0.2) is 8.42 Å². The Labute approximate surface area is 187 Å². The molecular formula is C22H24ClNO6S. The zero-order valence-electron chi connectivity index (χ0n) is 17.1. The van der Waals surface area contributed by atoms with Crippen molar-refractivity contribution in [2.45, 2.75) is 24.7 Å². The summed E-state index contributed by atoms with van der Waals surface area (Å²) in [6.07, 6.45) is 0.672. The van der Waals surface area contributed by atoms with Gasteiger partial charge in [0.2, 0.25) is 10.0 Å². The monoisotopic (exact) mass is 465 g/mol. The number of halogens is 1. The Kier molecular flexibility index (Phi) is 7.69. The van der Waals surface area contributed by atoms with E-state index in [0.717, 1.165) is 0 Å². The van der Waals surface area contributed by atoms with Crippen molar-refractivity contribution < 1.29 is 27.5 Å². The number of ketones is 1. The zero-order valence-corrected chi connectivity index (χ0v) is 18.7. The number of carbonyl (C=O) groups excluding carboxylic acids is 2. The van der Waals surface area contributed by atoms with Crippen molar-refractivity contribution in [1.82, 2.24) is 4.31 Å². The van der Waals surface area contributed by atoms with Gasteiger partial charge in [-0.3, -0.25) is 9.59 Å². The predicted molar refractivity (Wildman–Crippen MR) is 116 cm³/mol. The summed E-state index contributed by atoms with van der Waals surface area (Å²) in [5.74, 6) is -0.567. The average molecular weight is 466 g/mol. The molecule has 2 aromatic carbocycles. The summed E-state index contributed by atoms with van der Waals surface area (Å²) in [6, 6.07) is 12.6. The van der Waals surface area contributed by atoms with Crippen LogP contribution < -0.4 is 4.74 Å². The van der Waals surface area contributed by atoms with E-state index in [-0.39, 0.29) is 30.4 Å². The maximum absolute atomic E-state index is 12.7. The fraction of sp³-hybridized carbons (Fsp3) is 0.364. The van der Waals surface area contributed by atoms with Gasteiger partial charge in [-0.1, -0.05) is 11.6 Å². The number of Topliss-reactive ketones (excluding diaryl/α,β-unsaturated/α-hetero) is 1. The summed E-state index contributed by atoms with van der Waals surface area (Å²) in [5, 5.41) is 0.459. The molecule has 0 N–H and O–H groups in total. The molecule has 1 saturated heterocycles. The molecule has 9 heteroatoms. The van der Waals surface area contributed by atoms with Gasteiger partial charge >= 0.3 is 5.97 Å². The summed E-state index contributed by atoms with van der Waals surface area (Å²) in [4.78, 5) is 24.8. The Bertz CT molecular complexity index is 1010. The van der Waals surface area contributed by atoms with Crippen molar-refractivity contribution in [3.05, 3.63) is 59.1 Å². The Balaban J connectivity index is 1.49. The summed E-state index contributed by atoms with van der Waals surface area (Å²) < 4.78 is 37.3. The highest BCUT2D eigenvalue weighted by Gasteiger charge is 2.33. The van der Waals surface area contributed by atoms with E-state index in [1.165, 1.54) is 28.6 Å². The highest BCUT2D eigenvalue weighted by Crippen LogP contribution is 2.25. The number of benzene rings is 2. The number of ether oxygens (including phenoxy) is 2. The molecular weight excluding hydrogens is 442 g/mol. The number of hydrogen-bond acceptors (Lipinski definition) is 6. The lowest BCUT2D eigenvalue weighted by Gasteiger charge is -2.30. The van der Waals surface area contributed by atoms with Gasteiger partial charge in [-0.05, 0) is 68.3 Å². The maximum Gasteiger partial charge on any atom is 0.309 e. The number of esters is 1. The first-order valence-corrected chi connectivity index (χ1v) is 11.8. The smallest absolute Gasteiger partial charge is 0.309 e. The second kappa shape index (κ2) is 10.3.